The molecule has 0 unspecified atom stereocenters. The summed E-state index contributed by atoms with van der Waals surface area (Å²) in [4.78, 5) is 38.5. The van der Waals surface area contributed by atoms with E-state index in [1.807, 2.05) is 0 Å². The van der Waals surface area contributed by atoms with E-state index in [-0.39, 0.29) is 11.3 Å². The lowest BCUT2D eigenvalue weighted by atomic mass is 10.1. The number of hydrogen-bond acceptors (Lipinski definition) is 4. The molecule has 0 aliphatic carbocycles. The molecule has 0 aliphatic heterocycles. The zero-order chi connectivity index (χ0) is 16.5. The molecule has 2 N–H and O–H groups in total. The van der Waals surface area contributed by atoms with E-state index in [1.165, 1.54) is 13.1 Å². The molecule has 22 heavy (non-hydrogen) atoms. The second-order valence-electron chi connectivity index (χ2n) is 6.01. The summed E-state index contributed by atoms with van der Waals surface area (Å²) in [5.74, 6) is -1.63. The van der Waals surface area contributed by atoms with Gasteiger partial charge in [0.1, 0.15) is 5.75 Å². The molecule has 0 spiro atoms. The number of ether oxygens (including phenoxy) is 1. The molecule has 0 saturated carbocycles. The molecule has 0 atom stereocenters. The highest BCUT2D eigenvalue weighted by atomic mass is 16.5. The van der Waals surface area contributed by atoms with Crippen LogP contribution in [0.3, 0.4) is 0 Å². The van der Waals surface area contributed by atoms with Crippen molar-refractivity contribution >= 4 is 28.6 Å². The van der Waals surface area contributed by atoms with Gasteiger partial charge in [-0.25, -0.2) is 0 Å². The molecular weight excluding hydrogens is 284 g/mol. The van der Waals surface area contributed by atoms with Gasteiger partial charge in [-0.1, -0.05) is 6.07 Å². The van der Waals surface area contributed by atoms with E-state index in [4.69, 9.17) is 4.74 Å². The normalized spacial score (nSPS) is 11.3. The lowest BCUT2D eigenvalue weighted by Gasteiger charge is -2.19. The van der Waals surface area contributed by atoms with E-state index in [0.717, 1.165) is 0 Å². The summed E-state index contributed by atoms with van der Waals surface area (Å²) < 4.78 is 5.11. The summed E-state index contributed by atoms with van der Waals surface area (Å²) in [7, 11) is 0. The van der Waals surface area contributed by atoms with Gasteiger partial charge >= 0.3 is 5.97 Å². The number of esters is 1. The first-order valence-electron chi connectivity index (χ1n) is 6.84. The maximum absolute atomic E-state index is 12.4. The van der Waals surface area contributed by atoms with E-state index < -0.39 is 23.2 Å². The number of carbonyl (C=O) groups is 3. The smallest absolute Gasteiger partial charge is 0.308 e. The largest absolute Gasteiger partial charge is 0.426 e. The Morgan fingerprint density at radius 1 is 1.18 bits per heavy atom. The van der Waals surface area contributed by atoms with Crippen molar-refractivity contribution in [2.45, 2.75) is 33.2 Å². The van der Waals surface area contributed by atoms with Crippen LogP contribution in [0.1, 0.15) is 38.1 Å². The third kappa shape index (κ3) is 3.33. The van der Waals surface area contributed by atoms with E-state index in [1.54, 1.807) is 39.0 Å². The van der Waals surface area contributed by atoms with Crippen molar-refractivity contribution in [1.82, 2.24) is 10.3 Å². The van der Waals surface area contributed by atoms with Crippen molar-refractivity contribution < 1.29 is 19.1 Å². The highest BCUT2D eigenvalue weighted by Gasteiger charge is 2.25. The maximum atomic E-state index is 12.4. The van der Waals surface area contributed by atoms with E-state index in [9.17, 15) is 14.4 Å². The fourth-order valence-electron chi connectivity index (χ4n) is 2.09. The zero-order valence-corrected chi connectivity index (χ0v) is 12.9. The lowest BCUT2D eigenvalue weighted by Crippen LogP contribution is -2.44. The number of benzene rings is 1. The van der Waals surface area contributed by atoms with Crippen LogP contribution in [0.5, 0.6) is 5.75 Å². The average molecular weight is 302 g/mol. The summed E-state index contributed by atoms with van der Waals surface area (Å²) in [5, 5.41) is 3.04. The number of aromatic nitrogens is 1. The Morgan fingerprint density at radius 3 is 2.45 bits per heavy atom. The van der Waals surface area contributed by atoms with Crippen LogP contribution in [0, 0.1) is 0 Å². The van der Waals surface area contributed by atoms with Crippen LogP contribution in [0.2, 0.25) is 0 Å². The van der Waals surface area contributed by atoms with Crippen LogP contribution in [-0.2, 0) is 9.59 Å². The van der Waals surface area contributed by atoms with Crippen LogP contribution in [0.4, 0.5) is 0 Å². The Morgan fingerprint density at radius 2 is 1.86 bits per heavy atom. The maximum Gasteiger partial charge on any atom is 0.308 e. The molecule has 0 bridgehead atoms. The van der Waals surface area contributed by atoms with E-state index in [0.29, 0.717) is 10.9 Å². The summed E-state index contributed by atoms with van der Waals surface area (Å²) in [5.41, 5.74) is 0.275. The summed E-state index contributed by atoms with van der Waals surface area (Å²) in [6.45, 7) is 6.65. The Balaban J connectivity index is 2.45. The molecule has 0 fully saturated rings. The molecule has 1 amide bonds. The molecule has 2 rings (SSSR count). The first kappa shape index (κ1) is 15.8. The van der Waals surface area contributed by atoms with Crippen molar-refractivity contribution in [3.05, 3.63) is 30.0 Å². The van der Waals surface area contributed by atoms with Crippen LogP contribution in [0.15, 0.2) is 24.4 Å². The highest BCUT2D eigenvalue weighted by molar-refractivity contribution is 6.45. The third-order valence-electron chi connectivity index (χ3n) is 2.86. The molecule has 0 saturated heterocycles. The number of rotatable bonds is 3. The minimum absolute atomic E-state index is 0.175. The summed E-state index contributed by atoms with van der Waals surface area (Å²) in [6.07, 6.45) is 1.45. The number of Topliss-reactive ketones (excluding diaryl/α,β-unsaturated/α-hetero) is 1. The molecule has 6 nitrogen and oxygen atoms in total. The first-order valence-corrected chi connectivity index (χ1v) is 6.84. The van der Waals surface area contributed by atoms with Crippen LogP contribution >= 0.6 is 0 Å². The molecule has 2 aromatic rings. The Hall–Kier alpha value is -2.63. The summed E-state index contributed by atoms with van der Waals surface area (Å²) >= 11 is 0. The number of nitrogens with one attached hydrogen (secondary N) is 2. The second kappa shape index (κ2) is 5.63. The molecular formula is C16H18N2O4. The highest BCUT2D eigenvalue weighted by Crippen LogP contribution is 2.29. The van der Waals surface area contributed by atoms with Gasteiger partial charge in [-0.2, -0.15) is 0 Å². The van der Waals surface area contributed by atoms with Gasteiger partial charge in [0, 0.05) is 24.2 Å². The number of aromatic amines is 1. The second-order valence-corrected chi connectivity index (χ2v) is 6.01. The SMILES string of the molecule is CC(=O)Oc1cccc2[nH]cc(C(=O)C(=O)NC(C)(C)C)c12. The lowest BCUT2D eigenvalue weighted by molar-refractivity contribution is -0.131. The van der Waals surface area contributed by atoms with Gasteiger partial charge in [0.2, 0.25) is 0 Å². The Kier molecular flexibility index (Phi) is 4.03. The number of carbonyl (C=O) groups excluding carboxylic acids is 3. The van der Waals surface area contributed by atoms with Gasteiger partial charge in [0.15, 0.2) is 0 Å². The molecule has 1 heterocycles. The standard InChI is InChI=1S/C16H18N2O4/c1-9(19)22-12-7-5-6-11-13(12)10(8-17-11)14(20)15(21)18-16(2,3)4/h5-8,17H,1-4H3,(H,18,21). The molecule has 116 valence electrons. The van der Waals surface area contributed by atoms with Crippen molar-refractivity contribution in [2.24, 2.45) is 0 Å². The topological polar surface area (TPSA) is 88.3 Å². The molecule has 0 radical (unpaired) electrons. The minimum atomic E-state index is -0.703. The molecule has 1 aromatic carbocycles. The van der Waals surface area contributed by atoms with Crippen LogP contribution in [0.25, 0.3) is 10.9 Å². The quantitative estimate of drug-likeness (QED) is 0.394. The third-order valence-corrected chi connectivity index (χ3v) is 2.86. The fourth-order valence-corrected chi connectivity index (χ4v) is 2.09. The fraction of sp³-hybridized carbons (Fsp3) is 0.312. The van der Waals surface area contributed by atoms with Gasteiger partial charge in [-0.05, 0) is 32.9 Å². The number of H-pyrrole nitrogens is 1. The van der Waals surface area contributed by atoms with Gasteiger partial charge in [0.25, 0.3) is 11.7 Å². The van der Waals surface area contributed by atoms with E-state index in [2.05, 4.69) is 10.3 Å². The van der Waals surface area contributed by atoms with Crippen molar-refractivity contribution in [1.29, 1.82) is 0 Å². The van der Waals surface area contributed by atoms with Crippen molar-refractivity contribution in [3.8, 4) is 5.75 Å². The first-order chi connectivity index (χ1) is 10.2. The van der Waals surface area contributed by atoms with Gasteiger partial charge in [0.05, 0.1) is 10.9 Å². The number of amides is 1. The minimum Gasteiger partial charge on any atom is -0.426 e. The predicted octanol–water partition coefficient (Wildman–Crippen LogP) is 2.19. The number of fused-ring (bicyclic) bond motifs is 1. The van der Waals surface area contributed by atoms with Gasteiger partial charge < -0.3 is 15.0 Å². The Bertz CT molecular complexity index is 753. The number of ketones is 1. The monoisotopic (exact) mass is 302 g/mol. The molecule has 0 aliphatic rings. The Labute approximate surface area is 127 Å². The van der Waals surface area contributed by atoms with Gasteiger partial charge in [-0.15, -0.1) is 0 Å². The van der Waals surface area contributed by atoms with Crippen LogP contribution in [-0.4, -0.2) is 28.2 Å². The number of hydrogen-bond donors (Lipinski definition) is 2. The average Bonchev–Trinajstić information content (AvgIpc) is 2.80. The molecule has 6 heteroatoms. The van der Waals surface area contributed by atoms with Crippen molar-refractivity contribution in [3.63, 3.8) is 0 Å². The predicted molar refractivity (Wildman–Crippen MR) is 81.8 cm³/mol. The summed E-state index contributed by atoms with van der Waals surface area (Å²) in [6, 6.07) is 5.01. The van der Waals surface area contributed by atoms with Crippen molar-refractivity contribution in [2.75, 3.05) is 0 Å². The van der Waals surface area contributed by atoms with E-state index >= 15 is 0 Å². The molecule has 1 aromatic heterocycles. The van der Waals surface area contributed by atoms with Gasteiger partial charge in [-0.3, -0.25) is 14.4 Å². The van der Waals surface area contributed by atoms with Crippen LogP contribution < -0.4 is 10.1 Å². The zero-order valence-electron chi connectivity index (χ0n) is 12.9.